The largest absolute Gasteiger partial charge is 0.351 e. The summed E-state index contributed by atoms with van der Waals surface area (Å²) in [7, 11) is 1.66. The molecule has 8 nitrogen and oxygen atoms in total. The summed E-state index contributed by atoms with van der Waals surface area (Å²) in [6, 6.07) is -0.520. The monoisotopic (exact) mass is 382 g/mol. The quantitative estimate of drug-likeness (QED) is 0.794. The van der Waals surface area contributed by atoms with E-state index in [4.69, 9.17) is 0 Å². The van der Waals surface area contributed by atoms with E-state index in [1.807, 2.05) is 6.92 Å². The van der Waals surface area contributed by atoms with E-state index in [1.54, 1.807) is 26.4 Å². The lowest BCUT2D eigenvalue weighted by Crippen LogP contribution is -2.29. The lowest BCUT2D eigenvalue weighted by atomic mass is 10.2. The minimum Gasteiger partial charge on any atom is -0.351 e. The van der Waals surface area contributed by atoms with Gasteiger partial charge in [-0.3, -0.25) is 19.0 Å². The molecule has 2 N–H and O–H groups in total. The van der Waals surface area contributed by atoms with E-state index in [0.717, 1.165) is 10.9 Å². The van der Waals surface area contributed by atoms with Crippen LogP contribution in [-0.4, -0.2) is 37.9 Å². The number of carbonyl (C=O) groups is 2. The maximum absolute atomic E-state index is 12.4. The Morgan fingerprint density at radius 2 is 2.09 bits per heavy atom. The first-order valence-corrected chi connectivity index (χ1v) is 8.04. The van der Waals surface area contributed by atoms with E-state index < -0.39 is 6.04 Å². The average Bonchev–Trinajstić information content (AvgIpc) is 3.10. The zero-order valence-corrected chi connectivity index (χ0v) is 14.8. The van der Waals surface area contributed by atoms with Crippen molar-refractivity contribution in [3.63, 3.8) is 0 Å². The lowest BCUT2D eigenvalue weighted by Gasteiger charge is -2.13. The molecule has 0 spiro atoms. The fourth-order valence-corrected chi connectivity index (χ4v) is 2.31. The number of halogens is 1. The van der Waals surface area contributed by atoms with Crippen LogP contribution in [0.15, 0.2) is 23.1 Å². The molecule has 2 aromatic heterocycles. The molecule has 2 rings (SSSR count). The summed E-state index contributed by atoms with van der Waals surface area (Å²) in [4.78, 5) is 24.5. The molecule has 1 unspecified atom stereocenters. The number of aromatic nitrogens is 4. The number of hydrogen-bond donors (Lipinski definition) is 2. The first-order valence-electron chi connectivity index (χ1n) is 7.24. The Morgan fingerprint density at radius 3 is 2.70 bits per heavy atom. The molecule has 124 valence electrons. The second-order valence-corrected chi connectivity index (χ2v) is 6.01. The van der Waals surface area contributed by atoms with Crippen LogP contribution in [0.1, 0.15) is 36.8 Å². The molecular formula is C14H19BrN6O2. The van der Waals surface area contributed by atoms with Crippen molar-refractivity contribution in [1.82, 2.24) is 24.9 Å². The van der Waals surface area contributed by atoms with Gasteiger partial charge in [0.1, 0.15) is 11.7 Å². The van der Waals surface area contributed by atoms with Crippen LogP contribution in [0.4, 0.5) is 5.69 Å². The molecular weight excluding hydrogens is 364 g/mol. The topological polar surface area (TPSA) is 93.8 Å². The molecule has 0 aromatic carbocycles. The minimum absolute atomic E-state index is 0.267. The first-order chi connectivity index (χ1) is 10.9. The highest BCUT2D eigenvalue weighted by atomic mass is 79.9. The molecule has 9 heteroatoms. The molecule has 2 heterocycles. The van der Waals surface area contributed by atoms with Crippen LogP contribution in [0, 0.1) is 0 Å². The Kier molecular flexibility index (Phi) is 5.54. The third-order valence-corrected chi connectivity index (χ3v) is 3.70. The Balaban J connectivity index is 2.13. The molecule has 2 aromatic rings. The second kappa shape index (κ2) is 7.40. The fraction of sp³-hybridized carbons (Fsp3) is 0.429. The maximum Gasteiger partial charge on any atom is 0.271 e. The molecule has 23 heavy (non-hydrogen) atoms. The van der Waals surface area contributed by atoms with Crippen molar-refractivity contribution in [2.45, 2.75) is 26.3 Å². The molecule has 0 radical (unpaired) electrons. The van der Waals surface area contributed by atoms with Crippen LogP contribution in [0.2, 0.25) is 0 Å². The van der Waals surface area contributed by atoms with Gasteiger partial charge in [-0.2, -0.15) is 10.2 Å². The van der Waals surface area contributed by atoms with Gasteiger partial charge < -0.3 is 10.6 Å². The summed E-state index contributed by atoms with van der Waals surface area (Å²) in [6.45, 7) is 4.26. The number of carbonyl (C=O) groups excluding carboxylic acids is 2. The lowest BCUT2D eigenvalue weighted by molar-refractivity contribution is -0.119. The standard InChI is InChI=1S/C14H19BrN6O2/c1-4-5-16-14(23)12-11(7-17-20(12)3)19-13(22)9(2)21-8-10(15)6-18-21/h6-9H,4-5H2,1-3H3,(H,16,23)(H,19,22). The van der Waals surface area contributed by atoms with Crippen molar-refractivity contribution in [3.05, 3.63) is 28.8 Å². The third-order valence-electron chi connectivity index (χ3n) is 3.29. The SMILES string of the molecule is CCCNC(=O)c1c(NC(=O)C(C)n2cc(Br)cn2)cnn1C. The van der Waals surface area contributed by atoms with E-state index >= 15 is 0 Å². The molecule has 0 aliphatic heterocycles. The van der Waals surface area contributed by atoms with Gasteiger partial charge in [0.15, 0.2) is 0 Å². The Hall–Kier alpha value is -2.16. The number of hydrogen-bond acceptors (Lipinski definition) is 4. The summed E-state index contributed by atoms with van der Waals surface area (Å²) < 4.78 is 3.76. The fourth-order valence-electron chi connectivity index (χ4n) is 2.00. The Labute approximate surface area is 142 Å². The highest BCUT2D eigenvalue weighted by Gasteiger charge is 2.21. The highest BCUT2D eigenvalue weighted by molar-refractivity contribution is 9.10. The Bertz CT molecular complexity index is 708. The van der Waals surface area contributed by atoms with Gasteiger partial charge in [-0.05, 0) is 29.3 Å². The van der Waals surface area contributed by atoms with Crippen molar-refractivity contribution in [3.8, 4) is 0 Å². The van der Waals surface area contributed by atoms with Gasteiger partial charge in [0.05, 0.1) is 22.6 Å². The number of nitrogens with one attached hydrogen (secondary N) is 2. The van der Waals surface area contributed by atoms with Crippen LogP contribution in [0.5, 0.6) is 0 Å². The summed E-state index contributed by atoms with van der Waals surface area (Å²) in [5.41, 5.74) is 0.699. The van der Waals surface area contributed by atoms with Gasteiger partial charge in [0.25, 0.3) is 5.91 Å². The molecule has 2 amide bonds. The molecule has 0 saturated carbocycles. The zero-order valence-electron chi connectivity index (χ0n) is 13.2. The molecule has 1 atom stereocenters. The van der Waals surface area contributed by atoms with Crippen molar-refractivity contribution in [2.75, 3.05) is 11.9 Å². The Morgan fingerprint density at radius 1 is 1.35 bits per heavy atom. The minimum atomic E-state index is -0.520. The predicted octanol–water partition coefficient (Wildman–Crippen LogP) is 1.72. The smallest absolute Gasteiger partial charge is 0.271 e. The molecule has 0 saturated heterocycles. The van der Waals surface area contributed by atoms with Crippen LogP contribution in [0.25, 0.3) is 0 Å². The van der Waals surface area contributed by atoms with Crippen molar-refractivity contribution < 1.29 is 9.59 Å². The third kappa shape index (κ3) is 3.98. The van der Waals surface area contributed by atoms with E-state index in [1.165, 1.54) is 15.6 Å². The molecule has 0 aliphatic rings. The normalized spacial score (nSPS) is 12.0. The van der Waals surface area contributed by atoms with Gasteiger partial charge in [0, 0.05) is 19.8 Å². The van der Waals surface area contributed by atoms with Crippen LogP contribution in [-0.2, 0) is 11.8 Å². The van der Waals surface area contributed by atoms with E-state index in [-0.39, 0.29) is 11.8 Å². The van der Waals surface area contributed by atoms with Crippen molar-refractivity contribution in [2.24, 2.45) is 7.05 Å². The van der Waals surface area contributed by atoms with Crippen LogP contribution in [0.3, 0.4) is 0 Å². The van der Waals surface area contributed by atoms with Gasteiger partial charge in [-0.1, -0.05) is 6.92 Å². The number of amides is 2. The number of aryl methyl sites for hydroxylation is 1. The summed E-state index contributed by atoms with van der Waals surface area (Å²) in [5, 5.41) is 13.7. The van der Waals surface area contributed by atoms with Crippen LogP contribution >= 0.6 is 15.9 Å². The summed E-state index contributed by atoms with van der Waals surface area (Å²) in [6.07, 6.45) is 5.61. The zero-order chi connectivity index (χ0) is 17.0. The van der Waals surface area contributed by atoms with Crippen LogP contribution < -0.4 is 10.6 Å². The second-order valence-electron chi connectivity index (χ2n) is 5.09. The van der Waals surface area contributed by atoms with Gasteiger partial charge in [-0.15, -0.1) is 0 Å². The predicted molar refractivity (Wildman–Crippen MR) is 89.1 cm³/mol. The van der Waals surface area contributed by atoms with Gasteiger partial charge in [-0.25, -0.2) is 0 Å². The molecule has 0 fully saturated rings. The first kappa shape index (κ1) is 17.2. The molecule has 0 aliphatic carbocycles. The number of anilines is 1. The van der Waals surface area contributed by atoms with E-state index in [0.29, 0.717) is 17.9 Å². The number of rotatable bonds is 6. The summed E-state index contributed by atoms with van der Waals surface area (Å²) >= 11 is 3.29. The van der Waals surface area contributed by atoms with Crippen molar-refractivity contribution in [1.29, 1.82) is 0 Å². The van der Waals surface area contributed by atoms with Gasteiger partial charge >= 0.3 is 0 Å². The average molecular weight is 383 g/mol. The van der Waals surface area contributed by atoms with Crippen molar-refractivity contribution >= 4 is 33.4 Å². The van der Waals surface area contributed by atoms with Gasteiger partial charge in [0.2, 0.25) is 5.91 Å². The van der Waals surface area contributed by atoms with E-state index in [2.05, 4.69) is 36.8 Å². The maximum atomic E-state index is 12.4. The molecule has 0 bridgehead atoms. The van der Waals surface area contributed by atoms with E-state index in [9.17, 15) is 9.59 Å². The summed E-state index contributed by atoms with van der Waals surface area (Å²) in [5.74, 6) is -0.547. The highest BCUT2D eigenvalue weighted by Crippen LogP contribution is 2.17. The number of nitrogens with zero attached hydrogens (tertiary/aromatic N) is 4.